The first-order chi connectivity index (χ1) is 70.3. The van der Waals surface area contributed by atoms with E-state index in [1.165, 1.54) is 0 Å². The van der Waals surface area contributed by atoms with Gasteiger partial charge in [0, 0.05) is 96.4 Å². The molecule has 0 bridgehead atoms. The van der Waals surface area contributed by atoms with Gasteiger partial charge in [0.15, 0.2) is 0 Å². The van der Waals surface area contributed by atoms with Gasteiger partial charge in [0.2, 0.25) is 0 Å². The molecule has 754 valence electrons. The van der Waals surface area contributed by atoms with Gasteiger partial charge in [-0.05, 0) is 248 Å². The highest BCUT2D eigenvalue weighted by Gasteiger charge is 2.20. The molecule has 0 aliphatic rings. The van der Waals surface area contributed by atoms with Crippen molar-refractivity contribution in [3.8, 4) is 161 Å². The maximum absolute atomic E-state index is 6.92. The molecule has 0 fully saturated rings. The average molecular weight is 2000 g/mol. The third-order valence-electron chi connectivity index (χ3n) is 22.3. The Balaban J connectivity index is 0.788. The van der Waals surface area contributed by atoms with E-state index in [1.807, 2.05) is 255 Å². The highest BCUT2D eigenvalue weighted by molar-refractivity contribution is 8.76. The number of hydrogen-bond acceptors (Lipinski definition) is 30. The van der Waals surface area contributed by atoms with Crippen molar-refractivity contribution in [1.82, 2.24) is 0 Å². The molecule has 28 nitrogen and oxygen atoms in total. The summed E-state index contributed by atoms with van der Waals surface area (Å²) in [5.41, 5.74) is 11.3. The van der Waals surface area contributed by atoms with E-state index in [0.29, 0.717) is 172 Å². The monoisotopic (exact) mass is 2000 g/mol. The maximum atomic E-state index is 6.92. The molecule has 0 aliphatic heterocycles. The number of methoxy groups -OCH3 is 16. The Morgan fingerprint density at radius 2 is 0.181 bits per heavy atom. The fraction of sp³-hybridized carbons (Fsp3) is 0.263. The lowest BCUT2D eigenvalue weighted by molar-refractivity contribution is 0.275. The van der Waals surface area contributed by atoms with Gasteiger partial charge in [-0.15, -0.1) is 0 Å². The summed E-state index contributed by atoms with van der Waals surface area (Å²) >= 11 is 0. The van der Waals surface area contributed by atoms with Crippen LogP contribution in [0.25, 0.3) is 0 Å². The fourth-order valence-electron chi connectivity index (χ4n) is 15.1. The first-order valence-corrected chi connectivity index (χ1v) is 48.1. The van der Waals surface area contributed by atoms with Gasteiger partial charge in [-0.1, -0.05) is 21.6 Å². The van der Waals surface area contributed by atoms with Crippen LogP contribution >= 0.6 is 21.6 Å². The molecular formula is C114H118O28S2. The van der Waals surface area contributed by atoms with Crippen LogP contribution in [-0.4, -0.2) is 114 Å². The predicted molar refractivity (Wildman–Crippen MR) is 550 cm³/mol. The molecule has 0 saturated carbocycles. The van der Waals surface area contributed by atoms with Crippen LogP contribution < -0.4 is 133 Å². The van der Waals surface area contributed by atoms with Crippen LogP contribution in [0.2, 0.25) is 0 Å². The molecule has 0 spiro atoms. The molecule has 0 unspecified atom stereocenters. The van der Waals surface area contributed by atoms with Crippen molar-refractivity contribution in [2.24, 2.45) is 0 Å². The Morgan fingerprint density at radius 3 is 0.271 bits per heavy atom. The summed E-state index contributed by atoms with van der Waals surface area (Å²) in [5, 5.41) is 0. The maximum Gasteiger partial charge on any atom is 0.123 e. The largest absolute Gasteiger partial charge is 0.497 e. The molecule has 0 N–H and O–H groups in total. The third-order valence-corrected chi connectivity index (χ3v) is 24.6. The summed E-state index contributed by atoms with van der Waals surface area (Å²) < 4.78 is 170. The average Bonchev–Trinajstić information content (AvgIpc) is 0.837. The first kappa shape index (κ1) is 104. The number of ether oxygens (including phenoxy) is 28. The summed E-state index contributed by atoms with van der Waals surface area (Å²) in [6.45, 7) is 1.65. The molecule has 0 aliphatic carbocycles. The molecule has 0 heterocycles. The molecule has 0 atom stereocenters. The molecule has 0 amide bonds. The van der Waals surface area contributed by atoms with Crippen LogP contribution in [0.4, 0.5) is 0 Å². The standard InChI is InChI=1S/C114H118O28S2/c1-115-87-17-73(18-88(45-87)116-2)59-131-103-33-81(34-104(53-103)132-60-74-19-89(117-3)46-90(20-74)118-4)67-139-111-41-85(42-112(57-111)140-68-82-35-105(133-61-75-21-91(119-5)47-92(22-75)120-6)54-106(36-82)134-62-76-23-93(121-7)48-94(24-76)122-8)71-143-144-72-86-43-113(141-69-83-37-107(135-63-77-25-95(123-9)49-96(26-77)124-10)55-108(38-83)136-64-78-27-97(125-11)50-98(28-78)126-12)58-114(44-86)142-70-84-39-109(137-65-79-29-99(127-13)51-100(30-79)128-14)56-110(40-84)138-66-80-31-101(129-15)52-102(32-80)130-16/h17-58H,59-72H2,1-16H3. The summed E-state index contributed by atoms with van der Waals surface area (Å²) in [4.78, 5) is 0. The van der Waals surface area contributed by atoms with Crippen molar-refractivity contribution >= 4 is 21.6 Å². The molecule has 0 saturated heterocycles. The van der Waals surface area contributed by atoms with Gasteiger partial charge in [0.25, 0.3) is 0 Å². The molecule has 14 aromatic rings. The Morgan fingerprint density at radius 1 is 0.104 bits per heavy atom. The molecular weight excluding hydrogens is 1880 g/mol. The Labute approximate surface area is 847 Å². The van der Waals surface area contributed by atoms with Gasteiger partial charge in [-0.3, -0.25) is 0 Å². The predicted octanol–water partition coefficient (Wildman–Crippen LogP) is 23.9. The number of hydrogen-bond donors (Lipinski definition) is 0. The molecule has 0 aromatic heterocycles. The van der Waals surface area contributed by atoms with Gasteiger partial charge in [0.05, 0.1) is 114 Å². The zero-order chi connectivity index (χ0) is 101. The summed E-state index contributed by atoms with van der Waals surface area (Å²) in [5.74, 6) is 17.0. The van der Waals surface area contributed by atoms with Crippen LogP contribution in [-0.2, 0) is 90.8 Å². The smallest absolute Gasteiger partial charge is 0.123 e. The second kappa shape index (κ2) is 52.6. The summed E-state index contributed by atoms with van der Waals surface area (Å²) in [6, 6.07) is 79.3. The van der Waals surface area contributed by atoms with E-state index in [9.17, 15) is 0 Å². The molecule has 144 heavy (non-hydrogen) atoms. The van der Waals surface area contributed by atoms with Crippen molar-refractivity contribution in [3.63, 3.8) is 0 Å². The third kappa shape index (κ3) is 31.3. The second-order valence-electron chi connectivity index (χ2n) is 32.6. The van der Waals surface area contributed by atoms with Crippen LogP contribution in [0.1, 0.15) is 77.9 Å². The Hall–Kier alpha value is -15.8. The van der Waals surface area contributed by atoms with Crippen molar-refractivity contribution < 1.29 is 133 Å². The van der Waals surface area contributed by atoms with E-state index in [2.05, 4.69) is 0 Å². The topological polar surface area (TPSA) is 258 Å². The zero-order valence-electron chi connectivity index (χ0n) is 83.4. The van der Waals surface area contributed by atoms with E-state index < -0.39 is 0 Å². The lowest BCUT2D eigenvalue weighted by Gasteiger charge is -2.17. The number of benzene rings is 14. The highest BCUT2D eigenvalue weighted by Crippen LogP contribution is 2.41. The minimum Gasteiger partial charge on any atom is -0.497 e. The van der Waals surface area contributed by atoms with Crippen molar-refractivity contribution in [3.05, 3.63) is 333 Å². The van der Waals surface area contributed by atoms with Crippen molar-refractivity contribution in [1.29, 1.82) is 0 Å². The number of rotatable bonds is 57. The van der Waals surface area contributed by atoms with Crippen molar-refractivity contribution in [2.45, 2.75) is 90.8 Å². The SMILES string of the molecule is COc1cc(COc2cc(COc3cc(CSSCc4cc(OCc5cc(OCc6cc(OC)cc(OC)c6)cc(OCc6cc(OC)cc(OC)c6)c5)cc(OCc5cc(OCc6cc(OC)cc(OC)c6)cc(OCc6cc(OC)cc(OC)c6)c5)c4)cc(OCc4cc(OCc5cc(OC)cc(OC)c5)cc(OCc5cc(OC)cc(OC)c5)c4)c3)cc(OCc3cc(OC)cc(OC)c3)c2)cc(OC)c1. The summed E-state index contributed by atoms with van der Waals surface area (Å²) in [7, 11) is 29.0. The molecule has 0 radical (unpaired) electrons. The van der Waals surface area contributed by atoms with Crippen LogP contribution in [0, 0.1) is 0 Å². The molecule has 14 aromatic carbocycles. The fourth-order valence-corrected chi connectivity index (χ4v) is 17.2. The minimum atomic E-state index is 0.0724. The van der Waals surface area contributed by atoms with Crippen molar-refractivity contribution in [2.75, 3.05) is 114 Å². The van der Waals surface area contributed by atoms with E-state index in [0.717, 1.165) is 77.9 Å². The van der Waals surface area contributed by atoms with Gasteiger partial charge < -0.3 is 133 Å². The zero-order valence-corrected chi connectivity index (χ0v) is 85.0. The van der Waals surface area contributed by atoms with E-state index in [-0.39, 0.29) is 79.3 Å². The lowest BCUT2D eigenvalue weighted by atomic mass is 10.2. The van der Waals surface area contributed by atoms with E-state index >= 15 is 0 Å². The quantitative estimate of drug-likeness (QED) is 0.0253. The normalized spacial score (nSPS) is 10.8. The summed E-state index contributed by atoms with van der Waals surface area (Å²) in [6.07, 6.45) is 0. The van der Waals surface area contributed by atoms with Gasteiger partial charge in [-0.25, -0.2) is 0 Å². The Kier molecular flexibility index (Phi) is 38.0. The van der Waals surface area contributed by atoms with Gasteiger partial charge in [0.1, 0.15) is 240 Å². The lowest BCUT2D eigenvalue weighted by Crippen LogP contribution is -2.03. The Bertz CT molecular complexity index is 5330. The van der Waals surface area contributed by atoms with Gasteiger partial charge >= 0.3 is 0 Å². The minimum absolute atomic E-state index is 0.0724. The first-order valence-electron chi connectivity index (χ1n) is 45.7. The second-order valence-corrected chi connectivity index (χ2v) is 35.1. The van der Waals surface area contributed by atoms with E-state index in [4.69, 9.17) is 133 Å². The molecule has 30 heteroatoms. The molecule has 14 rings (SSSR count). The van der Waals surface area contributed by atoms with Crippen LogP contribution in [0.5, 0.6) is 161 Å². The van der Waals surface area contributed by atoms with Gasteiger partial charge in [-0.2, -0.15) is 0 Å². The van der Waals surface area contributed by atoms with Crippen LogP contribution in [0.3, 0.4) is 0 Å². The highest BCUT2D eigenvalue weighted by atomic mass is 33.1. The van der Waals surface area contributed by atoms with E-state index in [1.54, 1.807) is 135 Å². The van der Waals surface area contributed by atoms with Crippen LogP contribution in [0.15, 0.2) is 255 Å².